The van der Waals surface area contributed by atoms with Gasteiger partial charge in [0.2, 0.25) is 0 Å². The lowest BCUT2D eigenvalue weighted by molar-refractivity contribution is -0.124. The Morgan fingerprint density at radius 3 is 2.36 bits per heavy atom. The fourth-order valence-electron chi connectivity index (χ4n) is 4.23. The maximum Gasteiger partial charge on any atom is 0.254 e. The highest BCUT2D eigenvalue weighted by atomic mass is 32.2. The van der Waals surface area contributed by atoms with Gasteiger partial charge >= 0.3 is 0 Å². The van der Waals surface area contributed by atoms with Gasteiger partial charge in [-0.25, -0.2) is 0 Å². The molecule has 1 amide bonds. The number of amides is 1. The van der Waals surface area contributed by atoms with Gasteiger partial charge in [0, 0.05) is 28.5 Å². The maximum absolute atomic E-state index is 13.7. The van der Waals surface area contributed by atoms with E-state index >= 15 is 0 Å². The summed E-state index contributed by atoms with van der Waals surface area (Å²) in [5.41, 5.74) is 5.22. The predicted molar refractivity (Wildman–Crippen MR) is 173 cm³/mol. The van der Waals surface area contributed by atoms with Gasteiger partial charge in [-0.05, 0) is 80.0 Å². The van der Waals surface area contributed by atoms with E-state index in [9.17, 15) is 4.79 Å². The quantitative estimate of drug-likeness (QED) is 0.133. The average molecular weight is 550 g/mol. The van der Waals surface area contributed by atoms with Gasteiger partial charge in [-0.1, -0.05) is 103 Å². The Bertz CT molecular complexity index is 1110. The van der Waals surface area contributed by atoms with Crippen LogP contribution in [0.4, 0.5) is 0 Å². The Morgan fingerprint density at radius 1 is 1.08 bits per heavy atom. The Kier molecular flexibility index (Phi) is 16.3. The van der Waals surface area contributed by atoms with Gasteiger partial charge < -0.3 is 9.64 Å². The van der Waals surface area contributed by atoms with Crippen molar-refractivity contribution < 1.29 is 9.53 Å². The summed E-state index contributed by atoms with van der Waals surface area (Å²) in [6.45, 7) is 25.0. The van der Waals surface area contributed by atoms with Gasteiger partial charge in [-0.3, -0.25) is 4.79 Å². The molecule has 0 unspecified atom stereocenters. The molecule has 0 aromatic heterocycles. The number of allylic oxidation sites excluding steroid dienone is 3. The lowest BCUT2D eigenvalue weighted by Gasteiger charge is -2.23. The van der Waals surface area contributed by atoms with Crippen molar-refractivity contribution in [2.24, 2.45) is 0 Å². The van der Waals surface area contributed by atoms with E-state index in [1.165, 1.54) is 16.0 Å². The zero-order valence-corrected chi connectivity index (χ0v) is 26.7. The lowest BCUT2D eigenvalue weighted by atomic mass is 9.95. The van der Waals surface area contributed by atoms with Crippen LogP contribution in [-0.2, 0) is 4.79 Å². The van der Waals surface area contributed by atoms with Crippen molar-refractivity contribution in [2.45, 2.75) is 92.4 Å². The largest absolute Gasteiger partial charge is 0.488 e. The highest BCUT2D eigenvalue weighted by Crippen LogP contribution is 2.33. The van der Waals surface area contributed by atoms with Crippen molar-refractivity contribution in [3.05, 3.63) is 88.4 Å². The van der Waals surface area contributed by atoms with Crippen molar-refractivity contribution >= 4 is 23.2 Å². The van der Waals surface area contributed by atoms with Gasteiger partial charge in [0.05, 0.1) is 0 Å². The SMILES string of the molecule is C=C(COc1ccc(C)c(/C(=C\C(=C\CC)CC)C(=O)N(CC)CCC)c1)Sc1ccccc1C(C)C.CC. The molecule has 0 spiro atoms. The molecule has 0 aliphatic carbocycles. The van der Waals surface area contributed by atoms with E-state index < -0.39 is 0 Å². The van der Waals surface area contributed by atoms with E-state index in [1.54, 1.807) is 11.8 Å². The van der Waals surface area contributed by atoms with Crippen LogP contribution in [0.1, 0.15) is 97.3 Å². The molecule has 0 aliphatic rings. The molecule has 2 rings (SSSR count). The van der Waals surface area contributed by atoms with Gasteiger partial charge in [0.1, 0.15) is 12.4 Å². The summed E-state index contributed by atoms with van der Waals surface area (Å²) in [4.78, 5) is 17.8. The second kappa shape index (κ2) is 18.5. The molecule has 0 heterocycles. The van der Waals surface area contributed by atoms with Crippen LogP contribution in [-0.4, -0.2) is 30.5 Å². The van der Waals surface area contributed by atoms with Crippen LogP contribution in [0, 0.1) is 6.92 Å². The Hall–Kier alpha value is -2.72. The number of hydrogen-bond acceptors (Lipinski definition) is 3. The zero-order valence-electron chi connectivity index (χ0n) is 25.9. The van der Waals surface area contributed by atoms with Gasteiger partial charge in [0.15, 0.2) is 0 Å². The number of aryl methyl sites for hydroxylation is 1. The van der Waals surface area contributed by atoms with Crippen molar-refractivity contribution in [1.82, 2.24) is 4.90 Å². The molecular formula is C35H51NO2S. The fourth-order valence-corrected chi connectivity index (χ4v) is 5.23. The normalized spacial score (nSPS) is 11.6. The van der Waals surface area contributed by atoms with E-state index in [2.05, 4.69) is 84.5 Å². The van der Waals surface area contributed by atoms with Crippen LogP contribution in [0.2, 0.25) is 0 Å². The number of likely N-dealkylation sites (N-methyl/N-ethyl adjacent to an activating group) is 1. The van der Waals surface area contributed by atoms with Gasteiger partial charge in [-0.2, -0.15) is 0 Å². The molecule has 2 aromatic rings. The molecular weight excluding hydrogens is 498 g/mol. The Labute approximate surface area is 243 Å². The standard InChI is InChI=1S/C33H45NO2S.C2H6/c1-9-15-27(11-3)21-31(33(35)34(12-4)20-10-2)30-22-28(19-18-25(30)7)36-23-26(8)37-32-17-14-13-16-29(32)24(5)6;1-2/h13-19,21-22,24H,8-12,20,23H2,1-7H3;1-2H3/b27-15+,31-21+;. The van der Waals surface area contributed by atoms with Gasteiger partial charge in [0.25, 0.3) is 5.91 Å². The molecule has 0 atom stereocenters. The molecule has 2 aromatic carbocycles. The molecule has 0 saturated heterocycles. The molecule has 214 valence electrons. The van der Waals surface area contributed by atoms with Crippen molar-refractivity contribution in [2.75, 3.05) is 19.7 Å². The lowest BCUT2D eigenvalue weighted by Crippen LogP contribution is -2.32. The average Bonchev–Trinajstić information content (AvgIpc) is 2.94. The summed E-state index contributed by atoms with van der Waals surface area (Å²) in [5, 5.41) is 0. The molecule has 3 nitrogen and oxygen atoms in total. The van der Waals surface area contributed by atoms with Crippen molar-refractivity contribution in [3.8, 4) is 5.75 Å². The van der Waals surface area contributed by atoms with Crippen molar-refractivity contribution in [3.63, 3.8) is 0 Å². The summed E-state index contributed by atoms with van der Waals surface area (Å²) < 4.78 is 6.19. The van der Waals surface area contributed by atoms with Crippen LogP contribution in [0.25, 0.3) is 5.57 Å². The zero-order chi connectivity index (χ0) is 29.4. The number of ether oxygens (including phenoxy) is 1. The third-order valence-corrected chi connectivity index (χ3v) is 7.29. The van der Waals surface area contributed by atoms with Crippen molar-refractivity contribution in [1.29, 1.82) is 0 Å². The number of thioether (sulfide) groups is 1. The molecule has 4 heteroatoms. The summed E-state index contributed by atoms with van der Waals surface area (Å²) in [6, 6.07) is 14.5. The topological polar surface area (TPSA) is 29.5 Å². The number of benzene rings is 2. The number of hydrogen-bond donors (Lipinski definition) is 0. The summed E-state index contributed by atoms with van der Waals surface area (Å²) in [7, 11) is 0. The molecule has 0 bridgehead atoms. The smallest absolute Gasteiger partial charge is 0.254 e. The number of nitrogens with zero attached hydrogens (tertiary/aromatic N) is 1. The molecule has 0 aliphatic heterocycles. The fraction of sp³-hybridized carbons (Fsp3) is 0.457. The first-order valence-electron chi connectivity index (χ1n) is 14.6. The third-order valence-electron chi connectivity index (χ3n) is 6.29. The number of rotatable bonds is 14. The first kappa shape index (κ1) is 34.3. The Balaban J connectivity index is 0.00000371. The maximum atomic E-state index is 13.7. The minimum Gasteiger partial charge on any atom is -0.488 e. The minimum absolute atomic E-state index is 0.0744. The summed E-state index contributed by atoms with van der Waals surface area (Å²) >= 11 is 1.67. The van der Waals surface area contributed by atoms with Gasteiger partial charge in [-0.15, -0.1) is 0 Å². The van der Waals surface area contributed by atoms with Crippen LogP contribution in [0.3, 0.4) is 0 Å². The second-order valence-electron chi connectivity index (χ2n) is 9.58. The summed E-state index contributed by atoms with van der Waals surface area (Å²) in [5.74, 6) is 1.27. The molecule has 0 radical (unpaired) electrons. The highest BCUT2D eigenvalue weighted by Gasteiger charge is 2.20. The second-order valence-corrected chi connectivity index (χ2v) is 10.8. The van der Waals surface area contributed by atoms with Crippen LogP contribution >= 0.6 is 11.8 Å². The first-order valence-corrected chi connectivity index (χ1v) is 15.4. The van der Waals surface area contributed by atoms with E-state index in [-0.39, 0.29) is 5.91 Å². The van der Waals surface area contributed by atoms with Crippen LogP contribution in [0.5, 0.6) is 5.75 Å². The highest BCUT2D eigenvalue weighted by molar-refractivity contribution is 8.03. The van der Waals surface area contributed by atoms with E-state index in [1.807, 2.05) is 43.9 Å². The predicted octanol–water partition coefficient (Wildman–Crippen LogP) is 10.2. The molecule has 0 saturated carbocycles. The molecule has 0 fully saturated rings. The number of carbonyl (C=O) groups is 1. The molecule has 0 N–H and O–H groups in total. The first-order chi connectivity index (χ1) is 18.7. The number of carbonyl (C=O) groups excluding carboxylic acids is 1. The third kappa shape index (κ3) is 10.8. The van der Waals surface area contributed by atoms with Crippen LogP contribution < -0.4 is 4.74 Å². The Morgan fingerprint density at radius 2 is 1.77 bits per heavy atom. The summed E-state index contributed by atoms with van der Waals surface area (Å²) in [6.07, 6.45) is 7.04. The minimum atomic E-state index is 0.0744. The van der Waals surface area contributed by atoms with E-state index in [4.69, 9.17) is 4.74 Å². The molecule has 39 heavy (non-hydrogen) atoms. The van der Waals surface area contributed by atoms with E-state index in [0.29, 0.717) is 19.1 Å². The van der Waals surface area contributed by atoms with E-state index in [0.717, 1.165) is 53.2 Å². The monoisotopic (exact) mass is 549 g/mol. The van der Waals surface area contributed by atoms with Crippen LogP contribution in [0.15, 0.2) is 76.6 Å².